The summed E-state index contributed by atoms with van der Waals surface area (Å²) < 4.78 is 5.74. The van der Waals surface area contributed by atoms with E-state index in [9.17, 15) is 4.79 Å². The van der Waals surface area contributed by atoms with Gasteiger partial charge in [-0.25, -0.2) is 0 Å². The zero-order valence-corrected chi connectivity index (χ0v) is 20.5. The van der Waals surface area contributed by atoms with Crippen molar-refractivity contribution in [2.45, 2.75) is 97.8 Å². The van der Waals surface area contributed by atoms with Crippen LogP contribution in [-0.4, -0.2) is 5.97 Å². The van der Waals surface area contributed by atoms with Crippen LogP contribution in [0.5, 0.6) is 5.75 Å². The second-order valence-corrected chi connectivity index (χ2v) is 9.60. The van der Waals surface area contributed by atoms with E-state index in [1.54, 1.807) is 0 Å². The number of hydrogen-bond donors (Lipinski definition) is 0. The zero-order valence-electron chi connectivity index (χ0n) is 20.5. The van der Waals surface area contributed by atoms with Crippen LogP contribution in [0.1, 0.15) is 96.1 Å². The summed E-state index contributed by atoms with van der Waals surface area (Å²) in [5, 5.41) is 0. The number of aryl methyl sites for hydroxylation is 2. The summed E-state index contributed by atoms with van der Waals surface area (Å²) in [5.41, 5.74) is 5.35. The highest BCUT2D eigenvalue weighted by Gasteiger charge is 2.27. The molecule has 0 spiro atoms. The van der Waals surface area contributed by atoms with Gasteiger partial charge in [0.2, 0.25) is 0 Å². The van der Waals surface area contributed by atoms with Gasteiger partial charge in [-0.2, -0.15) is 0 Å². The lowest BCUT2D eigenvalue weighted by molar-refractivity contribution is -0.140. The summed E-state index contributed by atoms with van der Waals surface area (Å²) in [4.78, 5) is 12.6. The number of rotatable bonds is 11. The van der Waals surface area contributed by atoms with Gasteiger partial charge in [-0.1, -0.05) is 83.2 Å². The normalized spacial score (nSPS) is 18.5. The lowest BCUT2D eigenvalue weighted by Gasteiger charge is -2.27. The lowest BCUT2D eigenvalue weighted by Crippen LogP contribution is -2.25. The molecular weight excluding hydrogens is 392 g/mol. The molecule has 0 saturated heterocycles. The average Bonchev–Trinajstić information content (AvgIpc) is 2.84. The third-order valence-electron chi connectivity index (χ3n) is 7.19. The van der Waals surface area contributed by atoms with Crippen molar-refractivity contribution in [1.29, 1.82) is 0 Å². The van der Waals surface area contributed by atoms with Crippen molar-refractivity contribution in [2.24, 2.45) is 11.8 Å². The van der Waals surface area contributed by atoms with Crippen LogP contribution >= 0.6 is 0 Å². The molecule has 0 radical (unpaired) electrons. The fourth-order valence-electron chi connectivity index (χ4n) is 5.04. The van der Waals surface area contributed by atoms with Crippen molar-refractivity contribution >= 4 is 5.97 Å². The number of benzene rings is 2. The van der Waals surface area contributed by atoms with Crippen LogP contribution in [0, 0.1) is 11.8 Å². The fourth-order valence-corrected chi connectivity index (χ4v) is 5.04. The van der Waals surface area contributed by atoms with Gasteiger partial charge >= 0.3 is 5.97 Å². The second kappa shape index (κ2) is 12.8. The molecule has 1 fully saturated rings. The quantitative estimate of drug-likeness (QED) is 0.201. The van der Waals surface area contributed by atoms with Crippen molar-refractivity contribution in [1.82, 2.24) is 0 Å². The molecule has 32 heavy (non-hydrogen) atoms. The van der Waals surface area contributed by atoms with E-state index in [-0.39, 0.29) is 11.9 Å². The van der Waals surface area contributed by atoms with Crippen LogP contribution in [0.25, 0.3) is 11.1 Å². The van der Waals surface area contributed by atoms with Gasteiger partial charge in [0, 0.05) is 0 Å². The zero-order chi connectivity index (χ0) is 22.8. The van der Waals surface area contributed by atoms with Gasteiger partial charge in [-0.15, -0.1) is 0 Å². The molecule has 0 aliphatic heterocycles. The molecule has 174 valence electrons. The monoisotopic (exact) mass is 434 g/mol. The molecule has 0 bridgehead atoms. The predicted octanol–water partition coefficient (Wildman–Crippen LogP) is 8.55. The SMILES string of the molecule is CCCCCc1ccc(-c2ccc(OC(=O)C3CCC(CCCC)CC3)cc2)cc1CC. The van der Waals surface area contributed by atoms with Gasteiger partial charge in [-0.05, 0) is 85.3 Å². The Kier molecular flexibility index (Phi) is 9.84. The molecule has 2 heteroatoms. The van der Waals surface area contributed by atoms with E-state index in [4.69, 9.17) is 4.74 Å². The molecule has 1 saturated carbocycles. The summed E-state index contributed by atoms with van der Waals surface area (Å²) in [6, 6.07) is 14.9. The number of carbonyl (C=O) groups excluding carboxylic acids is 1. The first-order chi connectivity index (χ1) is 15.6. The van der Waals surface area contributed by atoms with Crippen LogP contribution in [0.3, 0.4) is 0 Å². The van der Waals surface area contributed by atoms with Crippen LogP contribution < -0.4 is 4.74 Å². The summed E-state index contributed by atoms with van der Waals surface area (Å²) in [6.07, 6.45) is 14.3. The molecule has 2 aromatic rings. The van der Waals surface area contributed by atoms with Gasteiger partial charge in [0.05, 0.1) is 5.92 Å². The predicted molar refractivity (Wildman–Crippen MR) is 135 cm³/mol. The number of esters is 1. The first kappa shape index (κ1) is 24.6. The summed E-state index contributed by atoms with van der Waals surface area (Å²) in [7, 11) is 0. The Morgan fingerprint density at radius 3 is 2.16 bits per heavy atom. The summed E-state index contributed by atoms with van der Waals surface area (Å²) >= 11 is 0. The smallest absolute Gasteiger partial charge is 0.314 e. The molecule has 0 unspecified atom stereocenters. The number of carbonyl (C=O) groups is 1. The highest BCUT2D eigenvalue weighted by molar-refractivity contribution is 5.75. The van der Waals surface area contributed by atoms with E-state index < -0.39 is 0 Å². The molecule has 1 aliphatic carbocycles. The third-order valence-corrected chi connectivity index (χ3v) is 7.19. The maximum absolute atomic E-state index is 12.6. The van der Waals surface area contributed by atoms with Gasteiger partial charge < -0.3 is 4.74 Å². The fraction of sp³-hybridized carbons (Fsp3) is 0.567. The summed E-state index contributed by atoms with van der Waals surface area (Å²) in [5.74, 6) is 1.50. The minimum Gasteiger partial charge on any atom is -0.426 e. The van der Waals surface area contributed by atoms with Crippen molar-refractivity contribution in [2.75, 3.05) is 0 Å². The number of ether oxygens (including phenoxy) is 1. The third kappa shape index (κ3) is 6.95. The minimum absolute atomic E-state index is 0.0450. The van der Waals surface area contributed by atoms with E-state index in [0.717, 1.165) is 25.2 Å². The largest absolute Gasteiger partial charge is 0.426 e. The molecule has 3 rings (SSSR count). The molecular formula is C30H42O2. The van der Waals surface area contributed by atoms with Crippen molar-refractivity contribution in [3.8, 4) is 16.9 Å². The Morgan fingerprint density at radius 1 is 0.812 bits per heavy atom. The highest BCUT2D eigenvalue weighted by Crippen LogP contribution is 2.33. The molecule has 1 aliphatic rings. The number of unbranched alkanes of at least 4 members (excludes halogenated alkanes) is 3. The van der Waals surface area contributed by atoms with Crippen molar-refractivity contribution in [3.63, 3.8) is 0 Å². The Morgan fingerprint density at radius 2 is 1.50 bits per heavy atom. The Balaban J connectivity index is 1.56. The van der Waals surface area contributed by atoms with Crippen molar-refractivity contribution < 1.29 is 9.53 Å². The average molecular weight is 435 g/mol. The van der Waals surface area contributed by atoms with E-state index >= 15 is 0 Å². The van der Waals surface area contributed by atoms with Crippen LogP contribution in [0.15, 0.2) is 42.5 Å². The Hall–Kier alpha value is -2.09. The lowest BCUT2D eigenvalue weighted by atomic mass is 9.80. The summed E-state index contributed by atoms with van der Waals surface area (Å²) in [6.45, 7) is 6.74. The van der Waals surface area contributed by atoms with E-state index in [0.29, 0.717) is 5.75 Å². The van der Waals surface area contributed by atoms with Crippen LogP contribution in [0.4, 0.5) is 0 Å². The Bertz CT molecular complexity index is 828. The molecule has 0 amide bonds. The second-order valence-electron chi connectivity index (χ2n) is 9.60. The minimum atomic E-state index is -0.0450. The van der Waals surface area contributed by atoms with Gasteiger partial charge in [0.1, 0.15) is 5.75 Å². The van der Waals surface area contributed by atoms with Crippen LogP contribution in [-0.2, 0) is 17.6 Å². The van der Waals surface area contributed by atoms with Gasteiger partial charge in [0.15, 0.2) is 0 Å². The van der Waals surface area contributed by atoms with Crippen molar-refractivity contribution in [3.05, 3.63) is 53.6 Å². The molecule has 2 aromatic carbocycles. The first-order valence-corrected chi connectivity index (χ1v) is 13.1. The topological polar surface area (TPSA) is 26.3 Å². The van der Waals surface area contributed by atoms with Gasteiger partial charge in [-0.3, -0.25) is 4.79 Å². The molecule has 0 atom stereocenters. The maximum Gasteiger partial charge on any atom is 0.314 e. The highest BCUT2D eigenvalue weighted by atomic mass is 16.5. The van der Waals surface area contributed by atoms with E-state index in [1.807, 2.05) is 12.1 Å². The molecule has 0 aromatic heterocycles. The molecule has 2 nitrogen and oxygen atoms in total. The number of hydrogen-bond acceptors (Lipinski definition) is 2. The molecule has 0 heterocycles. The Labute approximate surface area is 195 Å². The van der Waals surface area contributed by atoms with Gasteiger partial charge in [0.25, 0.3) is 0 Å². The molecule has 0 N–H and O–H groups in total. The first-order valence-electron chi connectivity index (χ1n) is 13.1. The van der Waals surface area contributed by atoms with E-state index in [1.165, 1.54) is 80.0 Å². The standard InChI is InChI=1S/C30H42O2/c1-4-7-9-11-25-16-17-28(22-24(25)6-3)26-18-20-29(21-19-26)32-30(31)27-14-12-23(13-15-27)10-8-5-2/h16-23,27H,4-15H2,1-3H3. The van der Waals surface area contributed by atoms with E-state index in [2.05, 4.69) is 51.1 Å². The maximum atomic E-state index is 12.6. The van der Waals surface area contributed by atoms with Crippen LogP contribution in [0.2, 0.25) is 0 Å².